The van der Waals surface area contributed by atoms with Crippen LogP contribution in [0.15, 0.2) is 54.7 Å². The highest BCUT2D eigenvalue weighted by Crippen LogP contribution is 2.34. The Morgan fingerprint density at radius 2 is 1.74 bits per heavy atom. The average molecular weight is 427 g/mol. The molecule has 0 radical (unpaired) electrons. The van der Waals surface area contributed by atoms with Crippen LogP contribution in [0.4, 0.5) is 24.5 Å². The number of benzene rings is 2. The first-order valence-electron chi connectivity index (χ1n) is 10.5. The number of para-hydroxylation sites is 1. The largest absolute Gasteiger partial charge is 0.418 e. The van der Waals surface area contributed by atoms with E-state index in [0.29, 0.717) is 22.6 Å². The Bertz CT molecular complexity index is 1060. The second-order valence-corrected chi connectivity index (χ2v) is 8.02. The van der Waals surface area contributed by atoms with Gasteiger partial charge < -0.3 is 10.6 Å². The number of hydrogen-bond acceptors (Lipinski definition) is 3. The van der Waals surface area contributed by atoms with Gasteiger partial charge in [-0.2, -0.15) is 13.2 Å². The van der Waals surface area contributed by atoms with Gasteiger partial charge in [-0.1, -0.05) is 31.4 Å². The molecular weight excluding hydrogens is 403 g/mol. The van der Waals surface area contributed by atoms with Crippen LogP contribution in [0.25, 0.3) is 10.9 Å². The third-order valence-electron chi connectivity index (χ3n) is 5.74. The van der Waals surface area contributed by atoms with Gasteiger partial charge in [0.15, 0.2) is 0 Å². The van der Waals surface area contributed by atoms with Crippen molar-refractivity contribution < 1.29 is 18.0 Å². The maximum Gasteiger partial charge on any atom is 0.418 e. The minimum absolute atomic E-state index is 0.138. The predicted molar refractivity (Wildman–Crippen MR) is 116 cm³/mol. The van der Waals surface area contributed by atoms with Crippen LogP contribution in [-0.2, 0) is 6.18 Å². The molecule has 3 aromatic rings. The monoisotopic (exact) mass is 427 g/mol. The zero-order valence-corrected chi connectivity index (χ0v) is 17.0. The van der Waals surface area contributed by atoms with Gasteiger partial charge in [-0.15, -0.1) is 0 Å². The highest BCUT2D eigenvalue weighted by molar-refractivity contribution is 6.05. The highest BCUT2D eigenvalue weighted by atomic mass is 19.4. The lowest BCUT2D eigenvalue weighted by Crippen LogP contribution is -2.17. The second-order valence-electron chi connectivity index (χ2n) is 8.02. The van der Waals surface area contributed by atoms with Crippen molar-refractivity contribution in [3.8, 4) is 0 Å². The summed E-state index contributed by atoms with van der Waals surface area (Å²) in [6, 6.07) is 12.6. The van der Waals surface area contributed by atoms with E-state index in [1.165, 1.54) is 50.4 Å². The maximum absolute atomic E-state index is 13.1. The summed E-state index contributed by atoms with van der Waals surface area (Å²) >= 11 is 0. The van der Waals surface area contributed by atoms with Gasteiger partial charge in [-0.3, -0.25) is 9.78 Å². The topological polar surface area (TPSA) is 54.0 Å². The van der Waals surface area contributed by atoms with Gasteiger partial charge in [0.1, 0.15) is 0 Å². The van der Waals surface area contributed by atoms with Crippen molar-refractivity contribution in [2.24, 2.45) is 5.92 Å². The number of alkyl halides is 3. The van der Waals surface area contributed by atoms with Crippen LogP contribution in [0.5, 0.6) is 0 Å². The summed E-state index contributed by atoms with van der Waals surface area (Å²) in [6.45, 7) is 0.939. The van der Waals surface area contributed by atoms with E-state index in [0.717, 1.165) is 18.3 Å². The van der Waals surface area contributed by atoms with Crippen LogP contribution in [0, 0.1) is 5.92 Å². The quantitative estimate of drug-likeness (QED) is 0.489. The van der Waals surface area contributed by atoms with Crippen molar-refractivity contribution in [3.63, 3.8) is 0 Å². The number of nitrogens with one attached hydrogen (secondary N) is 2. The molecule has 4 rings (SSSR count). The number of aromatic nitrogens is 1. The molecule has 0 saturated heterocycles. The SMILES string of the molecule is O=C(Nc1cnc2c(C(F)(F)F)cccc2c1)c1ccc(NCC2CCCCC2)cc1. The molecule has 0 atom stereocenters. The lowest BCUT2D eigenvalue weighted by molar-refractivity contribution is -0.136. The molecule has 31 heavy (non-hydrogen) atoms. The first-order valence-corrected chi connectivity index (χ1v) is 10.5. The number of pyridine rings is 1. The standard InChI is InChI=1S/C24H24F3N3O/c25-24(26,27)21-8-4-7-18-13-20(15-29-22(18)21)30-23(31)17-9-11-19(12-10-17)28-14-16-5-2-1-3-6-16/h4,7-13,15-16,28H,1-3,5-6,14H2,(H,30,31). The normalized spacial score (nSPS) is 15.1. The highest BCUT2D eigenvalue weighted by Gasteiger charge is 2.33. The number of amides is 1. The number of nitrogens with zero attached hydrogens (tertiary/aromatic N) is 1. The molecule has 1 aliphatic carbocycles. The first-order chi connectivity index (χ1) is 14.9. The molecule has 0 bridgehead atoms. The lowest BCUT2D eigenvalue weighted by atomic mass is 9.89. The van der Waals surface area contributed by atoms with Crippen molar-refractivity contribution in [2.45, 2.75) is 38.3 Å². The number of fused-ring (bicyclic) bond motifs is 1. The van der Waals surface area contributed by atoms with E-state index in [1.54, 1.807) is 18.2 Å². The Kier molecular flexibility index (Phi) is 6.11. The van der Waals surface area contributed by atoms with E-state index in [4.69, 9.17) is 0 Å². The Morgan fingerprint density at radius 3 is 2.45 bits per heavy atom. The van der Waals surface area contributed by atoms with Crippen molar-refractivity contribution >= 4 is 28.2 Å². The minimum atomic E-state index is -4.48. The van der Waals surface area contributed by atoms with Crippen molar-refractivity contribution in [3.05, 3.63) is 65.9 Å². The summed E-state index contributed by atoms with van der Waals surface area (Å²) in [5, 5.41) is 6.46. The zero-order valence-electron chi connectivity index (χ0n) is 17.0. The van der Waals surface area contributed by atoms with Crippen LogP contribution < -0.4 is 10.6 Å². The number of carbonyl (C=O) groups excluding carboxylic acids is 1. The molecule has 7 heteroatoms. The van der Waals surface area contributed by atoms with E-state index in [-0.39, 0.29) is 11.4 Å². The molecule has 0 unspecified atom stereocenters. The minimum Gasteiger partial charge on any atom is -0.385 e. The summed E-state index contributed by atoms with van der Waals surface area (Å²) in [5.41, 5.74) is 0.846. The summed E-state index contributed by atoms with van der Waals surface area (Å²) in [6.07, 6.45) is 3.21. The number of anilines is 2. The van der Waals surface area contributed by atoms with E-state index in [9.17, 15) is 18.0 Å². The van der Waals surface area contributed by atoms with Crippen molar-refractivity contribution in [2.75, 3.05) is 17.2 Å². The fourth-order valence-corrected chi connectivity index (χ4v) is 4.05. The average Bonchev–Trinajstić information content (AvgIpc) is 2.77. The number of rotatable bonds is 5. The van der Waals surface area contributed by atoms with Gasteiger partial charge in [-0.25, -0.2) is 0 Å². The Balaban J connectivity index is 1.41. The number of carbonyl (C=O) groups is 1. The zero-order chi connectivity index (χ0) is 21.8. The third-order valence-corrected chi connectivity index (χ3v) is 5.74. The maximum atomic E-state index is 13.1. The predicted octanol–water partition coefficient (Wildman–Crippen LogP) is 6.50. The van der Waals surface area contributed by atoms with E-state index in [1.807, 2.05) is 12.1 Å². The van der Waals surface area contributed by atoms with Gasteiger partial charge in [0.05, 0.1) is 23.0 Å². The number of hydrogen-bond donors (Lipinski definition) is 2. The van der Waals surface area contributed by atoms with Gasteiger partial charge >= 0.3 is 6.18 Å². The Hall–Kier alpha value is -3.09. The van der Waals surface area contributed by atoms with Crippen LogP contribution in [0.1, 0.15) is 48.0 Å². The molecular formula is C24H24F3N3O. The van der Waals surface area contributed by atoms with E-state index in [2.05, 4.69) is 15.6 Å². The van der Waals surface area contributed by atoms with Gasteiger partial charge in [0.2, 0.25) is 0 Å². The third kappa shape index (κ3) is 5.16. The number of halogens is 3. The fourth-order valence-electron chi connectivity index (χ4n) is 4.05. The smallest absolute Gasteiger partial charge is 0.385 e. The molecule has 0 aliphatic heterocycles. The molecule has 2 aromatic carbocycles. The van der Waals surface area contributed by atoms with Gasteiger partial charge in [0.25, 0.3) is 5.91 Å². The van der Waals surface area contributed by atoms with Gasteiger partial charge in [-0.05, 0) is 55.2 Å². The van der Waals surface area contributed by atoms with Gasteiger partial charge in [0, 0.05) is 23.2 Å². The summed E-state index contributed by atoms with van der Waals surface area (Å²) in [7, 11) is 0. The molecule has 1 saturated carbocycles. The molecule has 1 fully saturated rings. The summed E-state index contributed by atoms with van der Waals surface area (Å²) < 4.78 is 39.4. The fraction of sp³-hybridized carbons (Fsp3) is 0.333. The summed E-state index contributed by atoms with van der Waals surface area (Å²) in [4.78, 5) is 16.5. The molecule has 1 heterocycles. The van der Waals surface area contributed by atoms with Crippen LogP contribution >= 0.6 is 0 Å². The molecule has 4 nitrogen and oxygen atoms in total. The second kappa shape index (κ2) is 8.96. The first kappa shape index (κ1) is 21.2. The summed E-state index contributed by atoms with van der Waals surface area (Å²) in [5.74, 6) is 0.363. The van der Waals surface area contributed by atoms with Crippen LogP contribution in [0.3, 0.4) is 0 Å². The Morgan fingerprint density at radius 1 is 1.00 bits per heavy atom. The molecule has 2 N–H and O–H groups in total. The van der Waals surface area contributed by atoms with E-state index < -0.39 is 11.7 Å². The van der Waals surface area contributed by atoms with Crippen molar-refractivity contribution in [1.82, 2.24) is 4.98 Å². The van der Waals surface area contributed by atoms with E-state index >= 15 is 0 Å². The van der Waals surface area contributed by atoms with Crippen LogP contribution in [-0.4, -0.2) is 17.4 Å². The van der Waals surface area contributed by atoms with Crippen molar-refractivity contribution in [1.29, 1.82) is 0 Å². The molecule has 162 valence electrons. The molecule has 1 aromatic heterocycles. The Labute approximate surface area is 178 Å². The molecule has 1 aliphatic rings. The molecule has 0 spiro atoms. The molecule has 1 amide bonds. The lowest BCUT2D eigenvalue weighted by Gasteiger charge is -2.22. The van der Waals surface area contributed by atoms with Crippen LogP contribution in [0.2, 0.25) is 0 Å².